The van der Waals surface area contributed by atoms with E-state index in [0.29, 0.717) is 12.0 Å². The molecule has 4 nitrogen and oxygen atoms in total. The molecule has 152 valence electrons. The van der Waals surface area contributed by atoms with Crippen molar-refractivity contribution in [2.75, 3.05) is 0 Å². The summed E-state index contributed by atoms with van der Waals surface area (Å²) >= 11 is 0. The Labute approximate surface area is 160 Å². The van der Waals surface area contributed by atoms with Crippen LogP contribution in [0.3, 0.4) is 0 Å². The quantitative estimate of drug-likeness (QED) is 0.196. The summed E-state index contributed by atoms with van der Waals surface area (Å²) in [5.74, 6) is -1.46. The van der Waals surface area contributed by atoms with E-state index in [2.05, 4.69) is 6.92 Å². The van der Waals surface area contributed by atoms with E-state index in [0.717, 1.165) is 64.2 Å². The van der Waals surface area contributed by atoms with E-state index in [4.69, 9.17) is 5.11 Å². The smallest absolute Gasteiger partial charge is 0.331 e. The van der Waals surface area contributed by atoms with Crippen LogP contribution >= 0.6 is 0 Å². The van der Waals surface area contributed by atoms with Crippen LogP contribution in [0.4, 0.5) is 0 Å². The van der Waals surface area contributed by atoms with Gasteiger partial charge in [0.15, 0.2) is 0 Å². The Morgan fingerprint density at radius 1 is 0.654 bits per heavy atom. The van der Waals surface area contributed by atoms with E-state index >= 15 is 0 Å². The first kappa shape index (κ1) is 24.7. The first-order chi connectivity index (χ1) is 12.6. The van der Waals surface area contributed by atoms with E-state index < -0.39 is 11.9 Å². The fourth-order valence-electron chi connectivity index (χ4n) is 3.15. The molecular formula is C22H40O4. The summed E-state index contributed by atoms with van der Waals surface area (Å²) in [4.78, 5) is 21.7. The number of carbonyl (C=O) groups is 2. The maximum atomic E-state index is 11.3. The van der Waals surface area contributed by atoms with Gasteiger partial charge in [0.2, 0.25) is 0 Å². The molecule has 0 aromatic rings. The van der Waals surface area contributed by atoms with Crippen LogP contribution in [0.2, 0.25) is 0 Å². The summed E-state index contributed by atoms with van der Waals surface area (Å²) in [6.45, 7) is 2.21. The lowest BCUT2D eigenvalue weighted by molar-refractivity contribution is -0.137. The van der Waals surface area contributed by atoms with Crippen molar-refractivity contribution in [2.45, 2.75) is 116 Å². The van der Waals surface area contributed by atoms with E-state index in [-0.39, 0.29) is 6.42 Å². The molecule has 4 heteroatoms. The molecule has 0 radical (unpaired) electrons. The Kier molecular flexibility index (Phi) is 17.5. The Hall–Kier alpha value is -1.32. The number of hydrogen-bond acceptors (Lipinski definition) is 2. The molecule has 0 aliphatic carbocycles. The van der Waals surface area contributed by atoms with Crippen LogP contribution in [0.15, 0.2) is 11.6 Å². The van der Waals surface area contributed by atoms with Crippen molar-refractivity contribution < 1.29 is 19.8 Å². The van der Waals surface area contributed by atoms with Crippen LogP contribution in [-0.2, 0) is 9.59 Å². The summed E-state index contributed by atoms with van der Waals surface area (Å²) in [7, 11) is 0. The zero-order valence-electron chi connectivity index (χ0n) is 16.8. The lowest BCUT2D eigenvalue weighted by atomic mass is 10.0. The van der Waals surface area contributed by atoms with Gasteiger partial charge in [0.25, 0.3) is 0 Å². The van der Waals surface area contributed by atoms with Crippen molar-refractivity contribution in [1.29, 1.82) is 0 Å². The van der Waals surface area contributed by atoms with Crippen LogP contribution in [0.25, 0.3) is 0 Å². The Balaban J connectivity index is 3.60. The van der Waals surface area contributed by atoms with Crippen LogP contribution in [0.1, 0.15) is 116 Å². The highest BCUT2D eigenvalue weighted by Gasteiger charge is 2.06. The molecule has 0 spiro atoms. The first-order valence-electron chi connectivity index (χ1n) is 10.7. The zero-order valence-corrected chi connectivity index (χ0v) is 16.8. The van der Waals surface area contributed by atoms with Gasteiger partial charge in [-0.1, -0.05) is 83.6 Å². The Morgan fingerprint density at radius 3 is 1.62 bits per heavy atom. The summed E-state index contributed by atoms with van der Waals surface area (Å²) < 4.78 is 0. The second-order valence-corrected chi connectivity index (χ2v) is 7.31. The van der Waals surface area contributed by atoms with Crippen LogP contribution in [0.5, 0.6) is 0 Å². The topological polar surface area (TPSA) is 74.6 Å². The third-order valence-corrected chi connectivity index (χ3v) is 4.81. The molecule has 0 fully saturated rings. The third-order valence-electron chi connectivity index (χ3n) is 4.81. The molecule has 0 aliphatic heterocycles. The molecule has 2 N–H and O–H groups in total. The van der Waals surface area contributed by atoms with Gasteiger partial charge in [-0.25, -0.2) is 4.79 Å². The first-order valence-corrected chi connectivity index (χ1v) is 10.7. The number of hydrogen-bond donors (Lipinski definition) is 2. The number of rotatable bonds is 19. The fraction of sp³-hybridized carbons (Fsp3) is 0.818. The van der Waals surface area contributed by atoms with Gasteiger partial charge in [0, 0.05) is 12.0 Å². The van der Waals surface area contributed by atoms with Gasteiger partial charge in [-0.2, -0.15) is 0 Å². The second kappa shape index (κ2) is 18.5. The normalized spacial score (nSPS) is 11.7. The molecular weight excluding hydrogens is 328 g/mol. The minimum absolute atomic E-state index is 0.281. The summed E-state index contributed by atoms with van der Waals surface area (Å²) in [5.41, 5.74) is 0.590. The molecule has 0 amide bonds. The van der Waals surface area contributed by atoms with Gasteiger partial charge in [-0.15, -0.1) is 0 Å². The van der Waals surface area contributed by atoms with E-state index in [1.165, 1.54) is 32.1 Å². The fourth-order valence-corrected chi connectivity index (χ4v) is 3.15. The summed E-state index contributed by atoms with van der Waals surface area (Å²) in [6, 6.07) is 0. The van der Waals surface area contributed by atoms with Crippen molar-refractivity contribution in [3.05, 3.63) is 11.6 Å². The molecule has 26 heavy (non-hydrogen) atoms. The highest BCUT2D eigenvalue weighted by atomic mass is 16.4. The van der Waals surface area contributed by atoms with Crippen molar-refractivity contribution in [3.63, 3.8) is 0 Å². The lowest BCUT2D eigenvalue weighted by Gasteiger charge is -2.04. The zero-order chi connectivity index (χ0) is 19.5. The minimum Gasteiger partial charge on any atom is -0.481 e. The number of unbranched alkanes of at least 4 members (excludes halogenated alkanes) is 13. The SMILES string of the molecule is CCCCCCCCC=C(CCCCCCCCCCC(=O)O)C(=O)O. The number of carboxylic acids is 2. The van der Waals surface area contributed by atoms with Crippen LogP contribution < -0.4 is 0 Å². The van der Waals surface area contributed by atoms with Crippen molar-refractivity contribution in [1.82, 2.24) is 0 Å². The summed E-state index contributed by atoms with van der Waals surface area (Å²) in [6.07, 6.45) is 19.6. The van der Waals surface area contributed by atoms with Gasteiger partial charge >= 0.3 is 11.9 Å². The van der Waals surface area contributed by atoms with Gasteiger partial charge in [0.05, 0.1) is 0 Å². The lowest BCUT2D eigenvalue weighted by Crippen LogP contribution is -2.00. The second-order valence-electron chi connectivity index (χ2n) is 7.31. The molecule has 0 saturated heterocycles. The Morgan fingerprint density at radius 2 is 1.12 bits per heavy atom. The minimum atomic E-state index is -0.755. The largest absolute Gasteiger partial charge is 0.481 e. The van der Waals surface area contributed by atoms with E-state index in [9.17, 15) is 14.7 Å². The maximum Gasteiger partial charge on any atom is 0.331 e. The monoisotopic (exact) mass is 368 g/mol. The van der Waals surface area contributed by atoms with Gasteiger partial charge < -0.3 is 10.2 Å². The molecule has 0 aliphatic rings. The highest BCUT2D eigenvalue weighted by Crippen LogP contribution is 2.15. The molecule has 0 unspecified atom stereocenters. The Bertz CT molecular complexity index is 388. The molecule has 0 heterocycles. The number of carboxylic acid groups (broad SMARTS) is 2. The predicted octanol–water partition coefficient (Wildman–Crippen LogP) is 6.73. The van der Waals surface area contributed by atoms with Crippen molar-refractivity contribution in [3.8, 4) is 0 Å². The molecule has 0 rings (SSSR count). The van der Waals surface area contributed by atoms with Crippen molar-refractivity contribution in [2.24, 2.45) is 0 Å². The molecule has 0 aromatic heterocycles. The molecule has 0 saturated carbocycles. The van der Waals surface area contributed by atoms with Gasteiger partial charge in [0.1, 0.15) is 0 Å². The highest BCUT2D eigenvalue weighted by molar-refractivity contribution is 5.86. The number of aliphatic carboxylic acids is 2. The maximum absolute atomic E-state index is 11.3. The molecule has 0 atom stereocenters. The van der Waals surface area contributed by atoms with Crippen LogP contribution in [-0.4, -0.2) is 22.2 Å². The van der Waals surface area contributed by atoms with Crippen molar-refractivity contribution >= 4 is 11.9 Å². The average Bonchev–Trinajstić information content (AvgIpc) is 2.60. The van der Waals surface area contributed by atoms with E-state index in [1.807, 2.05) is 6.08 Å². The van der Waals surface area contributed by atoms with Crippen LogP contribution in [0, 0.1) is 0 Å². The average molecular weight is 369 g/mol. The molecule has 0 aromatic carbocycles. The number of allylic oxidation sites excluding steroid dienone is 1. The standard InChI is InChI=1S/C22H40O4/c1-2-3-4-5-8-11-14-17-20(22(25)26)18-15-12-9-6-7-10-13-16-19-21(23)24/h17H,2-16,18-19H2,1H3,(H,23,24)(H,25,26). The molecule has 0 bridgehead atoms. The van der Waals surface area contributed by atoms with Gasteiger partial charge in [-0.3, -0.25) is 4.79 Å². The summed E-state index contributed by atoms with van der Waals surface area (Å²) in [5, 5.41) is 17.9. The predicted molar refractivity (Wildman–Crippen MR) is 108 cm³/mol. The van der Waals surface area contributed by atoms with Gasteiger partial charge in [-0.05, 0) is 32.1 Å². The van der Waals surface area contributed by atoms with E-state index in [1.54, 1.807) is 0 Å². The third kappa shape index (κ3) is 17.5.